The maximum absolute atomic E-state index is 13.0. The van der Waals surface area contributed by atoms with E-state index in [4.69, 9.17) is 15.6 Å². The fourth-order valence-corrected chi connectivity index (χ4v) is 5.11. The summed E-state index contributed by atoms with van der Waals surface area (Å²) in [5, 5.41) is 12.0. The van der Waals surface area contributed by atoms with Gasteiger partial charge in [-0.15, -0.1) is 0 Å². The first-order valence-electron chi connectivity index (χ1n) is 12.4. The Labute approximate surface area is 213 Å². The summed E-state index contributed by atoms with van der Waals surface area (Å²) in [5.41, 5.74) is 11.6. The van der Waals surface area contributed by atoms with E-state index in [0.717, 1.165) is 59.0 Å². The van der Waals surface area contributed by atoms with Gasteiger partial charge in [0.1, 0.15) is 29.3 Å². The number of benzene rings is 2. The number of nitrogens with zero attached hydrogens (tertiary/aromatic N) is 4. The number of aryl methyl sites for hydroxylation is 1. The lowest BCUT2D eigenvalue weighted by atomic mass is 10.1. The van der Waals surface area contributed by atoms with Crippen molar-refractivity contribution in [2.75, 3.05) is 31.2 Å². The Morgan fingerprint density at radius 3 is 2.81 bits per heavy atom. The van der Waals surface area contributed by atoms with E-state index >= 15 is 0 Å². The summed E-state index contributed by atoms with van der Waals surface area (Å²) in [7, 11) is 1.58. The largest absolute Gasteiger partial charge is 0.495 e. The van der Waals surface area contributed by atoms with Gasteiger partial charge in [0.05, 0.1) is 37.3 Å². The van der Waals surface area contributed by atoms with E-state index in [1.807, 2.05) is 54.1 Å². The van der Waals surface area contributed by atoms with Crippen molar-refractivity contribution < 1.29 is 14.8 Å². The summed E-state index contributed by atoms with van der Waals surface area (Å²) in [4.78, 5) is 25.0. The number of piperidine rings is 1. The van der Waals surface area contributed by atoms with E-state index in [0.29, 0.717) is 28.6 Å². The SMILES string of the molecule is COc1cc(-c2nn(C3CC[NH2+]CC3)c3ncnc(N)c23)ccc1NC(=O)c1cc2cc(C)ccc2[nH]1. The second-order valence-electron chi connectivity index (χ2n) is 9.49. The molecular formula is C27H29N8O2+. The molecule has 4 heterocycles. The number of anilines is 2. The van der Waals surface area contributed by atoms with Gasteiger partial charge in [0.2, 0.25) is 0 Å². The lowest BCUT2D eigenvalue weighted by molar-refractivity contribution is -0.664. The molecule has 0 bridgehead atoms. The van der Waals surface area contributed by atoms with Gasteiger partial charge in [0, 0.05) is 29.3 Å². The van der Waals surface area contributed by atoms with Crippen molar-refractivity contribution in [3.8, 4) is 17.0 Å². The fraction of sp³-hybridized carbons (Fsp3) is 0.259. The molecule has 3 aromatic heterocycles. The highest BCUT2D eigenvalue weighted by atomic mass is 16.5. The number of methoxy groups -OCH3 is 1. The molecule has 1 aliphatic heterocycles. The molecule has 0 saturated carbocycles. The molecule has 1 aliphatic rings. The van der Waals surface area contributed by atoms with Gasteiger partial charge in [-0.3, -0.25) is 4.79 Å². The molecular weight excluding hydrogens is 468 g/mol. The van der Waals surface area contributed by atoms with Crippen molar-refractivity contribution in [1.82, 2.24) is 24.7 Å². The maximum atomic E-state index is 13.0. The molecule has 0 radical (unpaired) electrons. The molecule has 1 fully saturated rings. The number of nitrogen functional groups attached to an aromatic ring is 1. The first kappa shape index (κ1) is 23.0. The Morgan fingerprint density at radius 1 is 1.16 bits per heavy atom. The van der Waals surface area contributed by atoms with Gasteiger partial charge in [-0.1, -0.05) is 17.7 Å². The summed E-state index contributed by atoms with van der Waals surface area (Å²) < 4.78 is 7.65. The molecule has 2 aromatic carbocycles. The zero-order valence-corrected chi connectivity index (χ0v) is 20.8. The summed E-state index contributed by atoms with van der Waals surface area (Å²) in [6, 6.07) is 13.7. The van der Waals surface area contributed by atoms with E-state index < -0.39 is 0 Å². The predicted octanol–water partition coefficient (Wildman–Crippen LogP) is 3.02. The molecule has 10 heteroatoms. The van der Waals surface area contributed by atoms with E-state index in [1.165, 1.54) is 6.33 Å². The first-order chi connectivity index (χ1) is 18.0. The van der Waals surface area contributed by atoms with Gasteiger partial charge in [0.15, 0.2) is 5.65 Å². The van der Waals surface area contributed by atoms with Gasteiger partial charge in [0.25, 0.3) is 5.91 Å². The van der Waals surface area contributed by atoms with E-state index in [2.05, 4.69) is 25.6 Å². The van der Waals surface area contributed by atoms with Crippen molar-refractivity contribution in [3.05, 3.63) is 60.0 Å². The molecule has 0 atom stereocenters. The van der Waals surface area contributed by atoms with Gasteiger partial charge in [-0.25, -0.2) is 14.6 Å². The van der Waals surface area contributed by atoms with Crippen LogP contribution in [0.2, 0.25) is 0 Å². The number of hydrogen-bond donors (Lipinski definition) is 4. The van der Waals surface area contributed by atoms with E-state index in [1.54, 1.807) is 7.11 Å². The minimum atomic E-state index is -0.249. The van der Waals surface area contributed by atoms with Gasteiger partial charge < -0.3 is 26.1 Å². The van der Waals surface area contributed by atoms with Crippen molar-refractivity contribution in [3.63, 3.8) is 0 Å². The molecule has 10 nitrogen and oxygen atoms in total. The number of nitrogens with one attached hydrogen (secondary N) is 2. The lowest BCUT2D eigenvalue weighted by Crippen LogP contribution is -2.86. The first-order valence-corrected chi connectivity index (χ1v) is 12.4. The predicted molar refractivity (Wildman–Crippen MR) is 143 cm³/mol. The van der Waals surface area contributed by atoms with E-state index in [-0.39, 0.29) is 11.9 Å². The zero-order chi connectivity index (χ0) is 25.5. The van der Waals surface area contributed by atoms with Crippen LogP contribution in [0.15, 0.2) is 48.8 Å². The molecule has 6 rings (SSSR count). The number of carbonyl (C=O) groups is 1. The quantitative estimate of drug-likeness (QED) is 0.294. The second-order valence-corrected chi connectivity index (χ2v) is 9.49. The molecule has 1 saturated heterocycles. The lowest BCUT2D eigenvalue weighted by Gasteiger charge is -2.21. The highest BCUT2D eigenvalue weighted by Gasteiger charge is 2.25. The molecule has 0 unspecified atom stereocenters. The minimum Gasteiger partial charge on any atom is -0.495 e. The van der Waals surface area contributed by atoms with Gasteiger partial charge in [-0.05, 0) is 37.3 Å². The number of ether oxygens (including phenoxy) is 1. The number of carbonyl (C=O) groups excluding carboxylic acids is 1. The number of rotatable bonds is 5. The zero-order valence-electron chi connectivity index (χ0n) is 20.8. The molecule has 37 heavy (non-hydrogen) atoms. The summed E-state index contributed by atoms with van der Waals surface area (Å²) in [6.07, 6.45) is 3.52. The molecule has 6 N–H and O–H groups in total. The molecule has 0 spiro atoms. The number of hydrogen-bond acceptors (Lipinski definition) is 6. The summed E-state index contributed by atoms with van der Waals surface area (Å²) in [6.45, 7) is 4.14. The second kappa shape index (κ2) is 9.21. The van der Waals surface area contributed by atoms with Crippen LogP contribution >= 0.6 is 0 Å². The number of H-pyrrole nitrogens is 1. The molecule has 188 valence electrons. The molecule has 5 aromatic rings. The van der Waals surface area contributed by atoms with Crippen LogP contribution in [0.25, 0.3) is 33.2 Å². The standard InChI is InChI=1S/C27H28N8O2/c1-15-3-5-19-17(11-15)12-21(32-19)27(36)33-20-6-4-16(13-22(20)37-2)24-23-25(28)30-14-31-26(23)35(34-24)18-7-9-29-10-8-18/h3-6,11-14,18,29,32H,7-10H2,1-2H3,(H,33,36)(H2,28,30,31)/p+1. The van der Waals surface area contributed by atoms with Crippen molar-refractivity contribution in [2.24, 2.45) is 0 Å². The Bertz CT molecular complexity index is 1630. The van der Waals surface area contributed by atoms with Crippen LogP contribution in [0.5, 0.6) is 5.75 Å². The van der Waals surface area contributed by atoms with Crippen LogP contribution in [0.4, 0.5) is 11.5 Å². The number of aromatic amines is 1. The number of nitrogens with two attached hydrogens (primary N) is 2. The number of aromatic nitrogens is 5. The third-order valence-corrected chi connectivity index (χ3v) is 7.02. The Balaban J connectivity index is 1.35. The van der Waals surface area contributed by atoms with Gasteiger partial charge in [-0.2, -0.15) is 5.10 Å². The Hall–Kier alpha value is -4.44. The number of fused-ring (bicyclic) bond motifs is 2. The fourth-order valence-electron chi connectivity index (χ4n) is 5.11. The summed E-state index contributed by atoms with van der Waals surface area (Å²) in [5.74, 6) is 0.656. The van der Waals surface area contributed by atoms with Crippen molar-refractivity contribution in [2.45, 2.75) is 25.8 Å². The van der Waals surface area contributed by atoms with Crippen LogP contribution in [-0.4, -0.2) is 50.8 Å². The highest BCUT2D eigenvalue weighted by molar-refractivity contribution is 6.07. The highest BCUT2D eigenvalue weighted by Crippen LogP contribution is 2.36. The van der Waals surface area contributed by atoms with Crippen LogP contribution in [0, 0.1) is 6.92 Å². The normalized spacial score (nSPS) is 14.3. The molecule has 0 aliphatic carbocycles. The van der Waals surface area contributed by atoms with Gasteiger partial charge >= 0.3 is 0 Å². The third-order valence-electron chi connectivity index (χ3n) is 7.02. The van der Waals surface area contributed by atoms with Crippen LogP contribution in [0.1, 0.15) is 34.9 Å². The third kappa shape index (κ3) is 4.15. The molecule has 1 amide bonds. The topological polar surface area (TPSA) is 140 Å². The van der Waals surface area contributed by atoms with Crippen LogP contribution in [0.3, 0.4) is 0 Å². The van der Waals surface area contributed by atoms with E-state index in [9.17, 15) is 4.79 Å². The van der Waals surface area contributed by atoms with Crippen LogP contribution in [-0.2, 0) is 0 Å². The average Bonchev–Trinajstić information content (AvgIpc) is 3.52. The minimum absolute atomic E-state index is 0.249. The Morgan fingerprint density at radius 2 is 2.00 bits per heavy atom. The Kier molecular flexibility index (Phi) is 5.72. The maximum Gasteiger partial charge on any atom is 0.272 e. The smallest absolute Gasteiger partial charge is 0.272 e. The van der Waals surface area contributed by atoms with Crippen molar-refractivity contribution >= 4 is 39.3 Å². The summed E-state index contributed by atoms with van der Waals surface area (Å²) >= 11 is 0. The van der Waals surface area contributed by atoms with Crippen molar-refractivity contribution in [1.29, 1.82) is 0 Å². The number of amides is 1. The number of quaternary nitrogens is 1. The van der Waals surface area contributed by atoms with Crippen LogP contribution < -0.4 is 21.1 Å². The monoisotopic (exact) mass is 497 g/mol. The average molecular weight is 498 g/mol.